The first-order valence-corrected chi connectivity index (χ1v) is 7.59. The summed E-state index contributed by atoms with van der Waals surface area (Å²) < 4.78 is 19.2. The minimum atomic E-state index is -0.301. The third kappa shape index (κ3) is 2.38. The molecule has 1 aliphatic carbocycles. The van der Waals surface area contributed by atoms with Crippen molar-refractivity contribution in [2.24, 2.45) is 0 Å². The molecule has 5 nitrogen and oxygen atoms in total. The summed E-state index contributed by atoms with van der Waals surface area (Å²) in [6.07, 6.45) is 3.27. The van der Waals surface area contributed by atoms with Crippen molar-refractivity contribution in [1.82, 2.24) is 15.0 Å². The van der Waals surface area contributed by atoms with Crippen molar-refractivity contribution in [3.63, 3.8) is 0 Å². The van der Waals surface area contributed by atoms with Crippen LogP contribution in [-0.2, 0) is 11.3 Å². The lowest BCUT2D eigenvalue weighted by Crippen LogP contribution is -2.27. The molecule has 0 bridgehead atoms. The van der Waals surface area contributed by atoms with Crippen LogP contribution in [0.5, 0.6) is 0 Å². The number of carbonyl (C=O) groups excluding carboxylic acids is 1. The second-order valence-electron chi connectivity index (χ2n) is 5.93. The standard InChI is InChI=1S/C16H16FN3O2/c17-12-4-2-1-3-11(12)9-20-13(7-8-14(20)21)16-18-15(19-22-16)10-5-6-10/h1-4,10,13H,5-9H2. The molecule has 1 saturated carbocycles. The molecule has 1 unspecified atom stereocenters. The van der Waals surface area contributed by atoms with Crippen LogP contribution in [0.3, 0.4) is 0 Å². The first-order chi connectivity index (χ1) is 10.7. The van der Waals surface area contributed by atoms with Crippen molar-refractivity contribution in [3.8, 4) is 0 Å². The highest BCUT2D eigenvalue weighted by Crippen LogP contribution is 2.40. The van der Waals surface area contributed by atoms with E-state index in [0.29, 0.717) is 30.2 Å². The Morgan fingerprint density at radius 2 is 2.09 bits per heavy atom. The molecule has 4 rings (SSSR count). The predicted molar refractivity (Wildman–Crippen MR) is 75.2 cm³/mol. The van der Waals surface area contributed by atoms with E-state index >= 15 is 0 Å². The topological polar surface area (TPSA) is 59.2 Å². The summed E-state index contributed by atoms with van der Waals surface area (Å²) in [5.74, 6) is 1.32. The molecule has 2 aromatic rings. The van der Waals surface area contributed by atoms with Crippen LogP contribution in [0.15, 0.2) is 28.8 Å². The van der Waals surface area contributed by atoms with Crippen LogP contribution in [0.2, 0.25) is 0 Å². The fourth-order valence-corrected chi connectivity index (χ4v) is 2.89. The van der Waals surface area contributed by atoms with Crippen molar-refractivity contribution in [3.05, 3.63) is 47.4 Å². The predicted octanol–water partition coefficient (Wildman–Crippen LogP) is 2.95. The van der Waals surface area contributed by atoms with Crippen molar-refractivity contribution in [1.29, 1.82) is 0 Å². The number of hydrogen-bond acceptors (Lipinski definition) is 4. The zero-order chi connectivity index (χ0) is 15.1. The smallest absolute Gasteiger partial charge is 0.249 e. The zero-order valence-corrected chi connectivity index (χ0v) is 12.0. The molecule has 1 amide bonds. The number of aromatic nitrogens is 2. The van der Waals surface area contributed by atoms with Gasteiger partial charge in [0.05, 0.1) is 0 Å². The quantitative estimate of drug-likeness (QED) is 0.871. The lowest BCUT2D eigenvalue weighted by molar-refractivity contribution is -0.130. The molecule has 22 heavy (non-hydrogen) atoms. The maximum atomic E-state index is 13.8. The van der Waals surface area contributed by atoms with Gasteiger partial charge in [-0.1, -0.05) is 23.4 Å². The molecule has 6 heteroatoms. The summed E-state index contributed by atoms with van der Waals surface area (Å²) in [6, 6.07) is 6.27. The molecule has 1 aromatic heterocycles. The Morgan fingerprint density at radius 3 is 2.86 bits per heavy atom. The zero-order valence-electron chi connectivity index (χ0n) is 12.0. The van der Waals surface area contributed by atoms with E-state index in [-0.39, 0.29) is 24.3 Å². The number of amides is 1. The van der Waals surface area contributed by atoms with E-state index < -0.39 is 0 Å². The van der Waals surface area contributed by atoms with Gasteiger partial charge in [-0.2, -0.15) is 4.98 Å². The number of rotatable bonds is 4. The third-order valence-corrected chi connectivity index (χ3v) is 4.31. The molecular weight excluding hydrogens is 285 g/mol. The van der Waals surface area contributed by atoms with Gasteiger partial charge in [-0.15, -0.1) is 0 Å². The Balaban J connectivity index is 1.58. The van der Waals surface area contributed by atoms with Gasteiger partial charge in [0.2, 0.25) is 11.8 Å². The summed E-state index contributed by atoms with van der Waals surface area (Å²) >= 11 is 0. The minimum absolute atomic E-state index is 0.000532. The van der Waals surface area contributed by atoms with Crippen LogP contribution in [0.25, 0.3) is 0 Å². The second kappa shape index (κ2) is 5.19. The third-order valence-electron chi connectivity index (χ3n) is 4.31. The minimum Gasteiger partial charge on any atom is -0.337 e. The average molecular weight is 301 g/mol. The molecule has 1 saturated heterocycles. The fourth-order valence-electron chi connectivity index (χ4n) is 2.89. The molecule has 2 fully saturated rings. The van der Waals surface area contributed by atoms with Gasteiger partial charge >= 0.3 is 0 Å². The van der Waals surface area contributed by atoms with Crippen LogP contribution in [0.4, 0.5) is 4.39 Å². The Labute approximate surface area is 127 Å². The summed E-state index contributed by atoms with van der Waals surface area (Å²) in [5.41, 5.74) is 0.504. The van der Waals surface area contributed by atoms with E-state index in [1.807, 2.05) is 0 Å². The van der Waals surface area contributed by atoms with Crippen LogP contribution in [0, 0.1) is 5.82 Å². The number of hydrogen-bond donors (Lipinski definition) is 0. The van der Waals surface area contributed by atoms with Gasteiger partial charge in [-0.05, 0) is 25.3 Å². The van der Waals surface area contributed by atoms with Crippen LogP contribution >= 0.6 is 0 Å². The van der Waals surface area contributed by atoms with Gasteiger partial charge in [0, 0.05) is 24.4 Å². The average Bonchev–Trinajstić information content (AvgIpc) is 3.15. The SMILES string of the molecule is O=C1CCC(c2nc(C3CC3)no2)N1Cc1ccccc1F. The van der Waals surface area contributed by atoms with Crippen LogP contribution < -0.4 is 0 Å². The molecule has 2 heterocycles. The van der Waals surface area contributed by atoms with Gasteiger partial charge in [0.15, 0.2) is 5.82 Å². The van der Waals surface area contributed by atoms with Crippen LogP contribution in [-0.4, -0.2) is 20.9 Å². The molecule has 1 aromatic carbocycles. The normalized spacial score (nSPS) is 21.6. The summed E-state index contributed by atoms with van der Waals surface area (Å²) in [4.78, 5) is 18.2. The largest absolute Gasteiger partial charge is 0.337 e. The van der Waals surface area contributed by atoms with Crippen molar-refractivity contribution >= 4 is 5.91 Å². The Hall–Kier alpha value is -2.24. The summed E-state index contributed by atoms with van der Waals surface area (Å²) in [6.45, 7) is 0.233. The lowest BCUT2D eigenvalue weighted by Gasteiger charge is -2.22. The van der Waals surface area contributed by atoms with Gasteiger partial charge in [0.25, 0.3) is 0 Å². The molecule has 1 atom stereocenters. The summed E-state index contributed by atoms with van der Waals surface area (Å²) in [7, 11) is 0. The molecule has 0 radical (unpaired) electrons. The van der Waals surface area contributed by atoms with E-state index in [0.717, 1.165) is 18.7 Å². The fraction of sp³-hybridized carbons (Fsp3) is 0.438. The molecule has 0 N–H and O–H groups in total. The monoisotopic (exact) mass is 301 g/mol. The number of carbonyl (C=O) groups is 1. The van der Waals surface area contributed by atoms with Gasteiger partial charge in [-0.3, -0.25) is 4.79 Å². The van der Waals surface area contributed by atoms with Crippen LogP contribution in [0.1, 0.15) is 54.9 Å². The number of benzene rings is 1. The highest BCUT2D eigenvalue weighted by atomic mass is 19.1. The Bertz CT molecular complexity index is 711. The molecule has 0 spiro atoms. The van der Waals surface area contributed by atoms with E-state index in [1.165, 1.54) is 6.07 Å². The molecule has 2 aliphatic rings. The number of nitrogens with zero attached hydrogens (tertiary/aromatic N) is 3. The maximum absolute atomic E-state index is 13.8. The van der Waals surface area contributed by atoms with Crippen molar-refractivity contribution < 1.29 is 13.7 Å². The van der Waals surface area contributed by atoms with Crippen molar-refractivity contribution in [2.75, 3.05) is 0 Å². The van der Waals surface area contributed by atoms with Gasteiger partial charge in [-0.25, -0.2) is 4.39 Å². The summed E-state index contributed by atoms with van der Waals surface area (Å²) in [5, 5.41) is 4.01. The number of halogens is 1. The first-order valence-electron chi connectivity index (χ1n) is 7.59. The number of likely N-dealkylation sites (tertiary alicyclic amines) is 1. The molecule has 114 valence electrons. The second-order valence-corrected chi connectivity index (χ2v) is 5.93. The van der Waals surface area contributed by atoms with E-state index in [9.17, 15) is 9.18 Å². The Kier molecular flexibility index (Phi) is 3.17. The van der Waals surface area contributed by atoms with Gasteiger partial charge in [0.1, 0.15) is 11.9 Å². The van der Waals surface area contributed by atoms with E-state index in [1.54, 1.807) is 23.1 Å². The maximum Gasteiger partial charge on any atom is 0.249 e. The van der Waals surface area contributed by atoms with Crippen molar-refractivity contribution in [2.45, 2.75) is 44.2 Å². The molecule has 1 aliphatic heterocycles. The van der Waals surface area contributed by atoms with E-state index in [2.05, 4.69) is 10.1 Å². The van der Waals surface area contributed by atoms with E-state index in [4.69, 9.17) is 4.52 Å². The van der Waals surface area contributed by atoms with Gasteiger partial charge < -0.3 is 9.42 Å². The highest BCUT2D eigenvalue weighted by molar-refractivity contribution is 5.78. The first kappa shape index (κ1) is 13.4. The lowest BCUT2D eigenvalue weighted by atomic mass is 10.1. The Morgan fingerprint density at radius 1 is 1.27 bits per heavy atom. The molecular formula is C16H16FN3O2. The highest BCUT2D eigenvalue weighted by Gasteiger charge is 2.37.